The van der Waals surface area contributed by atoms with Crippen LogP contribution in [0.25, 0.3) is 0 Å². The van der Waals surface area contributed by atoms with Gasteiger partial charge in [0.05, 0.1) is 34.4 Å². The highest BCUT2D eigenvalue weighted by atomic mass is 16.5. The Morgan fingerprint density at radius 1 is 1.24 bits per heavy atom. The Morgan fingerprint density at radius 3 is 2.56 bits per heavy atom. The molecule has 1 aromatic carbocycles. The van der Waals surface area contributed by atoms with Crippen molar-refractivity contribution >= 4 is 5.91 Å². The molecule has 0 N–H and O–H groups in total. The van der Waals surface area contributed by atoms with E-state index in [1.54, 1.807) is 0 Å². The summed E-state index contributed by atoms with van der Waals surface area (Å²) in [6.07, 6.45) is 1.26. The molecule has 5 nitrogen and oxygen atoms in total. The van der Waals surface area contributed by atoms with Crippen LogP contribution in [0.5, 0.6) is 11.5 Å². The molecule has 1 fully saturated rings. The van der Waals surface area contributed by atoms with Gasteiger partial charge in [-0.1, -0.05) is 20.8 Å². The van der Waals surface area contributed by atoms with E-state index in [1.807, 2.05) is 16.8 Å². The number of carbonyl (C=O) groups excluding carboxylic acids is 1. The van der Waals surface area contributed by atoms with Crippen LogP contribution >= 0.6 is 0 Å². The molecule has 1 aromatic rings. The van der Waals surface area contributed by atoms with Gasteiger partial charge in [-0.2, -0.15) is 0 Å². The Kier molecular flexibility index (Phi) is 3.07. The summed E-state index contributed by atoms with van der Waals surface area (Å²) in [6, 6.07) is 2.57. The average Bonchev–Trinajstić information content (AvgIpc) is 2.56. The van der Waals surface area contributed by atoms with Crippen LogP contribution in [-0.4, -0.2) is 56.0 Å². The van der Waals surface area contributed by atoms with Gasteiger partial charge in [-0.15, -0.1) is 0 Å². The van der Waals surface area contributed by atoms with E-state index in [0.717, 1.165) is 17.5 Å². The number of benzene rings is 1. The maximum Gasteiger partial charge on any atom is 0.240 e. The van der Waals surface area contributed by atoms with Crippen molar-refractivity contribution in [3.05, 3.63) is 23.3 Å². The summed E-state index contributed by atoms with van der Waals surface area (Å²) in [5.41, 5.74) is 1.59. The lowest BCUT2D eigenvalue weighted by Gasteiger charge is -2.48. The second kappa shape index (κ2) is 6.52. The van der Waals surface area contributed by atoms with Gasteiger partial charge in [-0.05, 0) is 48.6 Å². The van der Waals surface area contributed by atoms with E-state index in [-0.39, 0.29) is 34.9 Å². The molecular formula is C20H30N2O3. The SMILES string of the molecule is [2H]C([2H])([2H])Oc1cc2c(cc1OC([2H])([2H])[2H])[C@H]1CN(C)[C@H](CC(C)(C)C)C(=O)N1CC2. The van der Waals surface area contributed by atoms with Crippen molar-refractivity contribution in [3.63, 3.8) is 0 Å². The number of fused-ring (bicyclic) bond motifs is 3. The number of methoxy groups -OCH3 is 2. The van der Waals surface area contributed by atoms with E-state index < -0.39 is 14.1 Å². The summed E-state index contributed by atoms with van der Waals surface area (Å²) in [6.45, 7) is 7.42. The molecule has 0 aromatic heterocycles. The second-order valence-corrected chi connectivity index (χ2v) is 8.22. The van der Waals surface area contributed by atoms with Crippen molar-refractivity contribution in [1.29, 1.82) is 0 Å². The molecule has 0 spiro atoms. The van der Waals surface area contributed by atoms with Crippen LogP contribution < -0.4 is 9.47 Å². The number of ether oxygens (including phenoxy) is 2. The molecule has 0 saturated carbocycles. The average molecular weight is 353 g/mol. The molecule has 0 radical (unpaired) electrons. The summed E-state index contributed by atoms with van der Waals surface area (Å²) in [5.74, 6) is -0.242. The summed E-state index contributed by atoms with van der Waals surface area (Å²) < 4.78 is 54.6. The Balaban J connectivity index is 1.99. The Labute approximate surface area is 159 Å². The van der Waals surface area contributed by atoms with E-state index in [9.17, 15) is 4.79 Å². The largest absolute Gasteiger partial charge is 0.493 e. The Hall–Kier alpha value is -1.75. The second-order valence-electron chi connectivity index (χ2n) is 8.22. The monoisotopic (exact) mass is 352 g/mol. The van der Waals surface area contributed by atoms with Gasteiger partial charge in [-0.3, -0.25) is 9.69 Å². The van der Waals surface area contributed by atoms with Crippen LogP contribution in [0.2, 0.25) is 0 Å². The number of carbonyl (C=O) groups is 1. The highest BCUT2D eigenvalue weighted by Gasteiger charge is 2.43. The standard InChI is InChI=1S/C20H30N2O3/c1-20(2,3)11-15-19(23)22-8-7-13-9-17(24-5)18(25-6)10-14(13)16(22)12-21(15)4/h9-10,15-16H,7-8,11-12H2,1-6H3/t15-,16-/m1/s1/i5D3,6D3. The third kappa shape index (κ3) is 3.34. The molecule has 2 aliphatic rings. The number of hydrogen-bond donors (Lipinski definition) is 0. The molecule has 3 rings (SSSR count). The van der Waals surface area contributed by atoms with Crippen LogP contribution in [0.1, 0.15) is 52.6 Å². The smallest absolute Gasteiger partial charge is 0.240 e. The Morgan fingerprint density at radius 2 is 1.92 bits per heavy atom. The van der Waals surface area contributed by atoms with Crippen LogP contribution in [0, 0.1) is 5.41 Å². The first-order valence-electron chi connectivity index (χ1n) is 11.6. The minimum Gasteiger partial charge on any atom is -0.493 e. The van der Waals surface area contributed by atoms with Crippen molar-refractivity contribution in [2.45, 2.75) is 45.7 Å². The van der Waals surface area contributed by atoms with E-state index in [1.165, 1.54) is 12.1 Å². The van der Waals surface area contributed by atoms with Gasteiger partial charge < -0.3 is 14.4 Å². The first kappa shape index (κ1) is 11.8. The third-order valence-electron chi connectivity index (χ3n) is 5.15. The molecule has 1 saturated heterocycles. The first-order valence-corrected chi connectivity index (χ1v) is 8.60. The number of nitrogens with zero attached hydrogens (tertiary/aromatic N) is 2. The molecular weight excluding hydrogens is 316 g/mol. The normalized spacial score (nSPS) is 28.5. The molecule has 0 unspecified atom stereocenters. The molecule has 1 amide bonds. The molecule has 0 aliphatic carbocycles. The fourth-order valence-corrected chi connectivity index (χ4v) is 3.93. The summed E-state index contributed by atoms with van der Waals surface area (Å²) in [4.78, 5) is 17.2. The quantitative estimate of drug-likeness (QED) is 0.839. The number of hydrogen-bond acceptors (Lipinski definition) is 4. The van der Waals surface area contributed by atoms with Crippen LogP contribution in [-0.2, 0) is 11.2 Å². The maximum absolute atomic E-state index is 13.3. The summed E-state index contributed by atoms with van der Waals surface area (Å²) >= 11 is 0. The molecule has 25 heavy (non-hydrogen) atoms. The minimum absolute atomic E-state index is 0.00263. The van der Waals surface area contributed by atoms with Gasteiger partial charge in [0, 0.05) is 13.1 Å². The van der Waals surface area contributed by atoms with Gasteiger partial charge in [0.2, 0.25) is 5.91 Å². The molecule has 2 heterocycles. The van der Waals surface area contributed by atoms with E-state index in [4.69, 9.17) is 17.7 Å². The van der Waals surface area contributed by atoms with Gasteiger partial charge >= 0.3 is 0 Å². The number of rotatable bonds is 3. The van der Waals surface area contributed by atoms with Crippen molar-refractivity contribution in [3.8, 4) is 11.5 Å². The molecule has 0 bridgehead atoms. The zero-order valence-electron chi connectivity index (χ0n) is 21.3. The van der Waals surface area contributed by atoms with E-state index in [2.05, 4.69) is 20.8 Å². The minimum atomic E-state index is -2.77. The lowest BCUT2D eigenvalue weighted by molar-refractivity contribution is -0.147. The lowest BCUT2D eigenvalue weighted by atomic mass is 9.83. The fraction of sp³-hybridized carbons (Fsp3) is 0.650. The maximum atomic E-state index is 13.3. The summed E-state index contributed by atoms with van der Waals surface area (Å²) in [7, 11) is -3.60. The van der Waals surface area contributed by atoms with Crippen LogP contribution in [0.4, 0.5) is 0 Å². The van der Waals surface area contributed by atoms with Crippen molar-refractivity contribution in [2.24, 2.45) is 5.41 Å². The topological polar surface area (TPSA) is 42.0 Å². The van der Waals surface area contributed by atoms with Gasteiger partial charge in [0.25, 0.3) is 0 Å². The lowest BCUT2D eigenvalue weighted by Crippen LogP contribution is -2.59. The Bertz CT molecular complexity index is 847. The first-order chi connectivity index (χ1) is 14.0. The zero-order valence-corrected chi connectivity index (χ0v) is 15.3. The molecule has 138 valence electrons. The van der Waals surface area contributed by atoms with Crippen LogP contribution in [0.15, 0.2) is 12.1 Å². The number of likely N-dealkylation sites (N-methyl/N-ethyl adjacent to an activating group) is 1. The zero-order chi connectivity index (χ0) is 23.4. The van der Waals surface area contributed by atoms with Gasteiger partial charge in [0.1, 0.15) is 0 Å². The predicted molar refractivity (Wildman–Crippen MR) is 98.2 cm³/mol. The van der Waals surface area contributed by atoms with Gasteiger partial charge in [-0.25, -0.2) is 0 Å². The molecule has 2 aliphatic heterocycles. The van der Waals surface area contributed by atoms with Crippen LogP contribution in [0.3, 0.4) is 0 Å². The van der Waals surface area contributed by atoms with E-state index >= 15 is 0 Å². The van der Waals surface area contributed by atoms with Crippen molar-refractivity contribution in [1.82, 2.24) is 9.80 Å². The number of piperazine rings is 1. The predicted octanol–water partition coefficient (Wildman–Crippen LogP) is 2.88. The van der Waals surface area contributed by atoms with Crippen molar-refractivity contribution < 1.29 is 22.5 Å². The third-order valence-corrected chi connectivity index (χ3v) is 5.15. The number of amides is 1. The molecule has 2 atom stereocenters. The summed E-state index contributed by atoms with van der Waals surface area (Å²) in [5, 5.41) is 0. The fourth-order valence-electron chi connectivity index (χ4n) is 3.93. The highest BCUT2D eigenvalue weighted by Crippen LogP contribution is 2.41. The van der Waals surface area contributed by atoms with E-state index in [0.29, 0.717) is 19.5 Å². The van der Waals surface area contributed by atoms with Gasteiger partial charge in [0.15, 0.2) is 11.5 Å². The highest BCUT2D eigenvalue weighted by molar-refractivity contribution is 5.83. The van der Waals surface area contributed by atoms with Crippen molar-refractivity contribution in [2.75, 3.05) is 34.2 Å². The molecule has 5 heteroatoms.